The topological polar surface area (TPSA) is 59.8 Å². The number of hydrogen-bond acceptors (Lipinski definition) is 4. The summed E-state index contributed by atoms with van der Waals surface area (Å²) in [4.78, 5) is 16.6. The number of aromatic nitrogens is 3. The first-order valence-corrected chi connectivity index (χ1v) is 7.63. The van der Waals surface area contributed by atoms with E-state index in [1.807, 2.05) is 6.07 Å². The van der Waals surface area contributed by atoms with Crippen molar-refractivity contribution in [1.82, 2.24) is 20.1 Å². The largest absolute Gasteiger partial charge is 0.347 e. The molecule has 5 nitrogen and oxygen atoms in total. The Morgan fingerprint density at radius 3 is 3.04 bits per heavy atom. The van der Waals surface area contributed by atoms with E-state index in [9.17, 15) is 9.18 Å². The summed E-state index contributed by atoms with van der Waals surface area (Å²) in [5, 5.41) is 6.96. The van der Waals surface area contributed by atoms with Crippen LogP contribution in [-0.2, 0) is 7.05 Å². The summed E-state index contributed by atoms with van der Waals surface area (Å²) in [5.74, 6) is -0.410. The summed E-state index contributed by atoms with van der Waals surface area (Å²) < 4.78 is 14.1. The first-order valence-electron chi connectivity index (χ1n) is 7.22. The quantitative estimate of drug-likeness (QED) is 0.646. The number of allylic oxidation sites excluding steroid dienone is 3. The number of nitrogens with one attached hydrogen (secondary N) is 1. The average Bonchev–Trinajstić information content (AvgIpc) is 2.60. The lowest BCUT2D eigenvalue weighted by atomic mass is 10.2. The number of alkyl halides is 1. The van der Waals surface area contributed by atoms with Gasteiger partial charge in [-0.3, -0.25) is 14.5 Å². The molecule has 24 heavy (non-hydrogen) atoms. The SMILES string of the molecule is C=C/C=C(\C=C/CF)CNC(=O)c1nn(C)c2cccnc2c1=S. The van der Waals surface area contributed by atoms with Crippen LogP contribution in [0, 0.1) is 4.51 Å². The van der Waals surface area contributed by atoms with E-state index < -0.39 is 12.6 Å². The molecule has 2 heterocycles. The van der Waals surface area contributed by atoms with Gasteiger partial charge in [0.15, 0.2) is 5.69 Å². The number of hydrogen-bond donors (Lipinski definition) is 1. The first-order chi connectivity index (χ1) is 11.6. The Morgan fingerprint density at radius 1 is 1.54 bits per heavy atom. The highest BCUT2D eigenvalue weighted by molar-refractivity contribution is 7.71. The molecular weight excluding hydrogens is 327 g/mol. The molecule has 0 unspecified atom stereocenters. The van der Waals surface area contributed by atoms with Crippen molar-refractivity contribution in [3.63, 3.8) is 0 Å². The van der Waals surface area contributed by atoms with Crippen LogP contribution in [0.15, 0.2) is 54.8 Å². The van der Waals surface area contributed by atoms with Crippen molar-refractivity contribution in [3.05, 3.63) is 65.0 Å². The zero-order valence-electron chi connectivity index (χ0n) is 13.2. The lowest BCUT2D eigenvalue weighted by Crippen LogP contribution is -2.27. The molecule has 0 aliphatic heterocycles. The molecule has 0 saturated heterocycles. The lowest BCUT2D eigenvalue weighted by molar-refractivity contribution is 0.0950. The van der Waals surface area contributed by atoms with Crippen molar-refractivity contribution >= 4 is 29.2 Å². The zero-order chi connectivity index (χ0) is 17.5. The van der Waals surface area contributed by atoms with Gasteiger partial charge >= 0.3 is 0 Å². The third kappa shape index (κ3) is 3.99. The van der Waals surface area contributed by atoms with Gasteiger partial charge in [0.05, 0.1) is 10.0 Å². The van der Waals surface area contributed by atoms with Crippen LogP contribution in [0.5, 0.6) is 0 Å². The molecule has 0 fully saturated rings. The molecular formula is C17H17FN4OS. The minimum atomic E-state index is -0.577. The van der Waals surface area contributed by atoms with Crippen LogP contribution in [0.4, 0.5) is 4.39 Å². The molecule has 2 rings (SSSR count). The van der Waals surface area contributed by atoms with Gasteiger partial charge in [0.1, 0.15) is 12.2 Å². The second kappa shape index (κ2) is 8.26. The summed E-state index contributed by atoms with van der Waals surface area (Å²) in [7, 11) is 1.72. The smallest absolute Gasteiger partial charge is 0.273 e. The van der Waals surface area contributed by atoms with Crippen LogP contribution in [0.25, 0.3) is 11.0 Å². The summed E-state index contributed by atoms with van der Waals surface area (Å²) in [6.07, 6.45) is 7.83. The van der Waals surface area contributed by atoms with Crippen molar-refractivity contribution in [2.45, 2.75) is 0 Å². The monoisotopic (exact) mass is 344 g/mol. The molecule has 0 spiro atoms. The van der Waals surface area contributed by atoms with Crippen LogP contribution in [0.3, 0.4) is 0 Å². The lowest BCUT2D eigenvalue weighted by Gasteiger charge is -2.09. The van der Waals surface area contributed by atoms with Crippen molar-refractivity contribution in [3.8, 4) is 0 Å². The van der Waals surface area contributed by atoms with Crippen molar-refractivity contribution < 1.29 is 9.18 Å². The van der Waals surface area contributed by atoms with Gasteiger partial charge in [-0.2, -0.15) is 5.10 Å². The zero-order valence-corrected chi connectivity index (χ0v) is 14.0. The maximum atomic E-state index is 12.4. The van der Waals surface area contributed by atoms with Crippen LogP contribution in [0.1, 0.15) is 10.5 Å². The van der Waals surface area contributed by atoms with E-state index in [0.29, 0.717) is 15.6 Å². The maximum absolute atomic E-state index is 12.4. The van der Waals surface area contributed by atoms with Crippen molar-refractivity contribution in [2.24, 2.45) is 7.05 Å². The van der Waals surface area contributed by atoms with E-state index in [4.69, 9.17) is 12.2 Å². The number of rotatable bonds is 6. The highest BCUT2D eigenvalue weighted by atomic mass is 32.1. The average molecular weight is 344 g/mol. The Labute approximate surface area is 144 Å². The van der Waals surface area contributed by atoms with Gasteiger partial charge in [0, 0.05) is 19.8 Å². The van der Waals surface area contributed by atoms with Crippen LogP contribution < -0.4 is 5.32 Å². The Balaban J connectivity index is 2.27. The number of amides is 1. The third-order valence-corrected chi connectivity index (χ3v) is 3.62. The normalized spacial score (nSPS) is 11.8. The summed E-state index contributed by atoms with van der Waals surface area (Å²) >= 11 is 5.34. The van der Waals surface area contributed by atoms with E-state index in [1.165, 1.54) is 6.08 Å². The fourth-order valence-electron chi connectivity index (χ4n) is 2.13. The number of pyridine rings is 1. The van der Waals surface area contributed by atoms with Crippen LogP contribution >= 0.6 is 12.2 Å². The minimum absolute atomic E-state index is 0.131. The van der Waals surface area contributed by atoms with Gasteiger partial charge in [-0.1, -0.05) is 43.1 Å². The van der Waals surface area contributed by atoms with Crippen molar-refractivity contribution in [2.75, 3.05) is 13.2 Å². The van der Waals surface area contributed by atoms with Gasteiger partial charge < -0.3 is 5.32 Å². The van der Waals surface area contributed by atoms with Gasteiger partial charge in [0.2, 0.25) is 0 Å². The van der Waals surface area contributed by atoms with Crippen LogP contribution in [-0.4, -0.2) is 33.9 Å². The van der Waals surface area contributed by atoms with Gasteiger partial charge in [-0.15, -0.1) is 0 Å². The number of halogens is 1. The Hall–Kier alpha value is -2.67. The Bertz CT molecular complexity index is 886. The van der Waals surface area contributed by atoms with E-state index >= 15 is 0 Å². The summed E-state index contributed by atoms with van der Waals surface area (Å²) in [6.45, 7) is 3.23. The van der Waals surface area contributed by atoms with E-state index in [-0.39, 0.29) is 12.2 Å². The molecule has 0 bridgehead atoms. The molecule has 124 valence electrons. The molecule has 0 radical (unpaired) electrons. The van der Waals surface area contributed by atoms with E-state index in [2.05, 4.69) is 22.0 Å². The molecule has 0 aromatic carbocycles. The minimum Gasteiger partial charge on any atom is -0.347 e. The van der Waals surface area contributed by atoms with Gasteiger partial charge in [-0.25, -0.2) is 4.39 Å². The summed E-state index contributed by atoms with van der Waals surface area (Å²) in [5.41, 5.74) is 2.14. The molecule has 1 amide bonds. The van der Waals surface area contributed by atoms with E-state index in [1.54, 1.807) is 42.2 Å². The molecule has 0 aliphatic rings. The standard InChI is InChI=1S/C17H17FN4OS/c1-3-6-12(7-4-9-18)11-20-17(23)15-16(24)14-13(22(2)21-15)8-5-10-19-14/h3-8,10H,1,9,11H2,2H3,(H,20,23)/b7-4-,12-6+. The fourth-order valence-corrected chi connectivity index (χ4v) is 2.42. The number of fused-ring (bicyclic) bond motifs is 1. The number of carbonyl (C=O) groups is 1. The summed E-state index contributed by atoms with van der Waals surface area (Å²) in [6, 6.07) is 3.61. The highest BCUT2D eigenvalue weighted by Crippen LogP contribution is 2.13. The van der Waals surface area contributed by atoms with Gasteiger partial charge in [-0.05, 0) is 17.7 Å². The molecule has 2 aromatic heterocycles. The van der Waals surface area contributed by atoms with Gasteiger partial charge in [0.25, 0.3) is 5.91 Å². The third-order valence-electron chi connectivity index (χ3n) is 3.24. The molecule has 2 aromatic rings. The van der Waals surface area contributed by atoms with E-state index in [0.717, 1.165) is 5.52 Å². The fraction of sp³-hybridized carbons (Fsp3) is 0.176. The Morgan fingerprint density at radius 2 is 2.33 bits per heavy atom. The number of aryl methyl sites for hydroxylation is 1. The highest BCUT2D eigenvalue weighted by Gasteiger charge is 2.14. The second-order valence-electron chi connectivity index (χ2n) is 4.89. The van der Waals surface area contributed by atoms with Crippen LogP contribution in [0.2, 0.25) is 0 Å². The molecule has 1 N–H and O–H groups in total. The number of nitrogens with zero attached hydrogens (tertiary/aromatic N) is 3. The predicted octanol–water partition coefficient (Wildman–Crippen LogP) is 3.07. The first kappa shape index (κ1) is 17.7. The maximum Gasteiger partial charge on any atom is 0.273 e. The Kier molecular flexibility index (Phi) is 6.08. The molecule has 0 aliphatic carbocycles. The predicted molar refractivity (Wildman–Crippen MR) is 95.1 cm³/mol. The second-order valence-corrected chi connectivity index (χ2v) is 5.30. The molecule has 7 heteroatoms. The van der Waals surface area contributed by atoms with Crippen molar-refractivity contribution in [1.29, 1.82) is 0 Å². The molecule has 0 atom stereocenters. The number of carbonyl (C=O) groups excluding carboxylic acids is 1. The molecule has 0 saturated carbocycles.